The Morgan fingerprint density at radius 2 is 2.07 bits per heavy atom. The molecule has 0 aliphatic rings. The lowest BCUT2D eigenvalue weighted by molar-refractivity contribution is 0.143. The van der Waals surface area contributed by atoms with Gasteiger partial charge < -0.3 is 5.11 Å². The van der Waals surface area contributed by atoms with Crippen LogP contribution in [0.25, 0.3) is 10.1 Å². The van der Waals surface area contributed by atoms with Crippen molar-refractivity contribution in [1.82, 2.24) is 0 Å². The third kappa shape index (κ3) is 2.38. The van der Waals surface area contributed by atoms with Crippen LogP contribution in [0.5, 0.6) is 0 Å². The fourth-order valence-electron chi connectivity index (χ4n) is 1.31. The summed E-state index contributed by atoms with van der Waals surface area (Å²) in [7, 11) is 0. The largest absolute Gasteiger partial charge is 0.378 e. The molecule has 0 saturated carbocycles. The normalized spacial score (nSPS) is 11.1. The minimum atomic E-state index is -0.931. The number of rotatable bonds is 0. The minimum Gasteiger partial charge on any atom is -0.378 e. The van der Waals surface area contributed by atoms with E-state index in [9.17, 15) is 5.11 Å². The lowest BCUT2D eigenvalue weighted by atomic mass is 10.1. The van der Waals surface area contributed by atoms with Gasteiger partial charge in [0.15, 0.2) is 0 Å². The molecule has 0 spiro atoms. The first-order valence-corrected chi connectivity index (χ1v) is 5.66. The Morgan fingerprint density at radius 1 is 1.27 bits per heavy atom. The molecule has 0 radical (unpaired) electrons. The van der Waals surface area contributed by atoms with Gasteiger partial charge in [0, 0.05) is 10.3 Å². The predicted molar refractivity (Wildman–Crippen MR) is 65.0 cm³/mol. The van der Waals surface area contributed by atoms with Crippen LogP contribution in [0.2, 0.25) is 0 Å². The fourth-order valence-corrected chi connectivity index (χ4v) is 2.18. The van der Waals surface area contributed by atoms with E-state index in [4.69, 9.17) is 0 Å². The molecule has 1 aromatic heterocycles. The molecule has 0 unspecified atom stereocenters. The van der Waals surface area contributed by atoms with Crippen molar-refractivity contribution in [2.24, 2.45) is 0 Å². The van der Waals surface area contributed by atoms with E-state index in [-0.39, 0.29) is 0 Å². The molecule has 0 aliphatic carbocycles. The number of hydrogen-bond acceptors (Lipinski definition) is 2. The highest BCUT2D eigenvalue weighted by Gasteiger charge is 2.06. The summed E-state index contributed by atoms with van der Waals surface area (Å²) in [4.78, 5) is 0. The van der Waals surface area contributed by atoms with Crippen molar-refractivity contribution in [1.29, 1.82) is 0 Å². The smallest absolute Gasteiger partial charge is 0.120 e. The summed E-state index contributed by atoms with van der Waals surface area (Å²) in [6.45, 7) is 3.38. The maximum absolute atomic E-state index is 9.53. The van der Waals surface area contributed by atoms with E-state index in [1.54, 1.807) is 25.2 Å². The van der Waals surface area contributed by atoms with Crippen molar-refractivity contribution in [2.45, 2.75) is 19.4 Å². The van der Waals surface area contributed by atoms with Gasteiger partial charge in [0.2, 0.25) is 0 Å². The summed E-state index contributed by atoms with van der Waals surface area (Å²) < 4.78 is 1.19. The maximum Gasteiger partial charge on any atom is 0.120 e. The Kier molecular flexibility index (Phi) is 2.52. The topological polar surface area (TPSA) is 20.2 Å². The number of hydrogen-bond donors (Lipinski definition) is 1. The number of fused-ring (bicyclic) bond motifs is 1. The first-order chi connectivity index (χ1) is 7.06. The van der Waals surface area contributed by atoms with Gasteiger partial charge in [-0.25, -0.2) is 0 Å². The van der Waals surface area contributed by atoms with Crippen LogP contribution in [0.4, 0.5) is 0 Å². The second kappa shape index (κ2) is 3.69. The Bertz CT molecular complexity index is 535. The van der Waals surface area contributed by atoms with E-state index in [1.807, 2.05) is 12.1 Å². The molecule has 0 aliphatic heterocycles. The standard InChI is InChI=1S/C13H12OS/c1-13(2,14)8-6-10-4-3-5-11-7-9-15-12(10)11/h3-5,7,9,14H,1-2H3. The zero-order valence-electron chi connectivity index (χ0n) is 8.74. The first kappa shape index (κ1) is 10.2. The van der Waals surface area contributed by atoms with E-state index < -0.39 is 5.60 Å². The van der Waals surface area contributed by atoms with Crippen LogP contribution in [0.15, 0.2) is 29.6 Å². The van der Waals surface area contributed by atoms with E-state index >= 15 is 0 Å². The van der Waals surface area contributed by atoms with Crippen molar-refractivity contribution in [3.8, 4) is 11.8 Å². The fraction of sp³-hybridized carbons (Fsp3) is 0.231. The lowest BCUT2D eigenvalue weighted by Crippen LogP contribution is -2.14. The second-order valence-corrected chi connectivity index (χ2v) is 4.87. The van der Waals surface area contributed by atoms with Gasteiger partial charge in [-0.2, -0.15) is 0 Å². The Labute approximate surface area is 93.4 Å². The quantitative estimate of drug-likeness (QED) is 0.671. The first-order valence-electron chi connectivity index (χ1n) is 4.78. The van der Waals surface area contributed by atoms with Crippen LogP contribution in [-0.2, 0) is 0 Å². The third-order valence-electron chi connectivity index (χ3n) is 1.98. The molecule has 76 valence electrons. The summed E-state index contributed by atoms with van der Waals surface area (Å²) in [5.41, 5.74) is 0.0593. The molecule has 1 heterocycles. The molecule has 1 N–H and O–H groups in total. The van der Waals surface area contributed by atoms with Crippen LogP contribution in [0.1, 0.15) is 19.4 Å². The van der Waals surface area contributed by atoms with E-state index in [0.29, 0.717) is 0 Å². The summed E-state index contributed by atoms with van der Waals surface area (Å²) in [6, 6.07) is 8.12. The molecule has 0 atom stereocenters. The summed E-state index contributed by atoms with van der Waals surface area (Å²) in [5, 5.41) is 12.8. The molecule has 0 fully saturated rings. The molecule has 0 bridgehead atoms. The molecule has 0 saturated heterocycles. The lowest BCUT2D eigenvalue weighted by Gasteiger charge is -2.05. The Morgan fingerprint density at radius 3 is 2.80 bits per heavy atom. The van der Waals surface area contributed by atoms with Gasteiger partial charge in [0.05, 0.1) is 0 Å². The average Bonchev–Trinajstić information content (AvgIpc) is 2.61. The van der Waals surface area contributed by atoms with Gasteiger partial charge in [0.1, 0.15) is 5.60 Å². The van der Waals surface area contributed by atoms with Gasteiger partial charge in [0.25, 0.3) is 0 Å². The molecule has 1 nitrogen and oxygen atoms in total. The van der Waals surface area contributed by atoms with Gasteiger partial charge in [-0.15, -0.1) is 11.3 Å². The van der Waals surface area contributed by atoms with Crippen molar-refractivity contribution in [2.75, 3.05) is 0 Å². The molecule has 2 aromatic rings. The van der Waals surface area contributed by atoms with Gasteiger partial charge in [-0.3, -0.25) is 0 Å². The molecule has 15 heavy (non-hydrogen) atoms. The van der Waals surface area contributed by atoms with E-state index in [2.05, 4.69) is 29.4 Å². The Balaban J connectivity index is 2.51. The van der Waals surface area contributed by atoms with Crippen molar-refractivity contribution >= 4 is 21.4 Å². The molecule has 1 aromatic carbocycles. The Hall–Kier alpha value is -1.30. The van der Waals surface area contributed by atoms with Crippen molar-refractivity contribution in [3.63, 3.8) is 0 Å². The molecule has 2 heteroatoms. The minimum absolute atomic E-state index is 0.931. The van der Waals surface area contributed by atoms with Crippen molar-refractivity contribution in [3.05, 3.63) is 35.2 Å². The predicted octanol–water partition coefficient (Wildman–Crippen LogP) is 3.02. The van der Waals surface area contributed by atoms with Crippen LogP contribution in [-0.4, -0.2) is 10.7 Å². The van der Waals surface area contributed by atoms with Gasteiger partial charge >= 0.3 is 0 Å². The van der Waals surface area contributed by atoms with Crippen LogP contribution < -0.4 is 0 Å². The zero-order chi connectivity index (χ0) is 10.9. The number of aliphatic hydroxyl groups is 1. The SMILES string of the molecule is CC(C)(O)C#Cc1cccc2ccsc12. The maximum atomic E-state index is 9.53. The van der Waals surface area contributed by atoms with Crippen molar-refractivity contribution < 1.29 is 5.11 Å². The van der Waals surface area contributed by atoms with Crippen LogP contribution in [0, 0.1) is 11.8 Å². The van der Waals surface area contributed by atoms with E-state index in [1.165, 1.54) is 10.1 Å². The second-order valence-electron chi connectivity index (χ2n) is 3.95. The van der Waals surface area contributed by atoms with Gasteiger partial charge in [-0.05, 0) is 36.7 Å². The van der Waals surface area contributed by atoms with Crippen LogP contribution in [0.3, 0.4) is 0 Å². The highest BCUT2D eigenvalue weighted by molar-refractivity contribution is 7.17. The van der Waals surface area contributed by atoms with Gasteiger partial charge in [-0.1, -0.05) is 24.0 Å². The average molecular weight is 216 g/mol. The summed E-state index contributed by atoms with van der Waals surface area (Å²) >= 11 is 1.68. The molecule has 0 amide bonds. The molecular weight excluding hydrogens is 204 g/mol. The molecular formula is C13H12OS. The number of thiophene rings is 1. The third-order valence-corrected chi connectivity index (χ3v) is 2.95. The number of benzene rings is 1. The van der Waals surface area contributed by atoms with Crippen LogP contribution >= 0.6 is 11.3 Å². The molecule has 2 rings (SSSR count). The summed E-state index contributed by atoms with van der Waals surface area (Å²) in [6.07, 6.45) is 0. The monoisotopic (exact) mass is 216 g/mol. The summed E-state index contributed by atoms with van der Waals surface area (Å²) in [5.74, 6) is 5.86. The highest BCUT2D eigenvalue weighted by atomic mass is 32.1. The highest BCUT2D eigenvalue weighted by Crippen LogP contribution is 2.23. The van der Waals surface area contributed by atoms with E-state index in [0.717, 1.165) is 5.56 Å². The zero-order valence-corrected chi connectivity index (χ0v) is 9.56.